The number of hydrogen-bond acceptors (Lipinski definition) is 17. The van der Waals surface area contributed by atoms with Gasteiger partial charge in [-0.3, -0.25) is 4.79 Å². The highest BCUT2D eigenvalue weighted by Gasteiger charge is 2.54. The lowest BCUT2D eigenvalue weighted by molar-refractivity contribution is -0.317. The van der Waals surface area contributed by atoms with Crippen molar-refractivity contribution in [2.24, 2.45) is 17.8 Å². The van der Waals surface area contributed by atoms with Gasteiger partial charge in [0.2, 0.25) is 6.79 Å². The Balaban J connectivity index is 1.45. The number of carbonyl (C=O) groups is 2. The van der Waals surface area contributed by atoms with Gasteiger partial charge in [0.05, 0.1) is 35.9 Å². The van der Waals surface area contributed by atoms with E-state index in [1.165, 1.54) is 14.0 Å². The smallest absolute Gasteiger partial charge is 0.407 e. The number of rotatable bonds is 11. The zero-order valence-electron chi connectivity index (χ0n) is 41.7. The van der Waals surface area contributed by atoms with E-state index in [4.69, 9.17) is 42.6 Å². The Bertz CT molecular complexity index is 1750. The van der Waals surface area contributed by atoms with Crippen LogP contribution in [0.15, 0.2) is 18.2 Å². The molecule has 4 heterocycles. The van der Waals surface area contributed by atoms with Crippen molar-refractivity contribution in [1.82, 2.24) is 15.1 Å². The Morgan fingerprint density at radius 2 is 1.65 bits per heavy atom. The highest BCUT2D eigenvalue weighted by atomic mass is 16.7. The number of alkyl carbamates (subject to hydrolysis) is 1. The number of aliphatic hydroxyl groups is 4. The van der Waals surface area contributed by atoms with Crippen LogP contribution >= 0.6 is 0 Å². The largest absolute Gasteiger partial charge is 0.459 e. The number of likely N-dealkylation sites (N-methyl/N-ethyl adjacent to an activating group) is 2. The number of carbonyl (C=O) groups excluding carboxylic acids is 2. The molecule has 0 saturated carbocycles. The van der Waals surface area contributed by atoms with E-state index in [1.807, 2.05) is 69.9 Å². The molecule has 0 radical (unpaired) electrons. The van der Waals surface area contributed by atoms with Gasteiger partial charge < -0.3 is 78.2 Å². The lowest BCUT2D eigenvalue weighted by Crippen LogP contribution is -2.61. The van der Waals surface area contributed by atoms with Crippen LogP contribution in [-0.2, 0) is 44.4 Å². The Morgan fingerprint density at radius 3 is 2.30 bits per heavy atom. The zero-order valence-corrected chi connectivity index (χ0v) is 41.7. The fraction of sp³-hybridized carbons (Fsp3) is 0.833. The molecule has 1 amide bonds. The summed E-state index contributed by atoms with van der Waals surface area (Å²) in [6.45, 7) is 18.5. The van der Waals surface area contributed by atoms with Gasteiger partial charge in [-0.2, -0.15) is 0 Å². The molecule has 18 atom stereocenters. The van der Waals surface area contributed by atoms with Crippen LogP contribution < -0.4 is 14.8 Å². The molecule has 5 N–H and O–H groups in total. The maximum Gasteiger partial charge on any atom is 0.407 e. The number of methoxy groups -OCH3 is 1. The van der Waals surface area contributed by atoms with E-state index in [-0.39, 0.29) is 50.7 Å². The lowest BCUT2D eigenvalue weighted by Gasteiger charge is -2.49. The van der Waals surface area contributed by atoms with E-state index in [9.17, 15) is 30.0 Å². The molecule has 1 aromatic rings. The van der Waals surface area contributed by atoms with Gasteiger partial charge >= 0.3 is 12.1 Å². The van der Waals surface area contributed by atoms with Gasteiger partial charge in [-0.1, -0.05) is 26.8 Å². The summed E-state index contributed by atoms with van der Waals surface area (Å²) in [5, 5.41) is 50.7. The van der Waals surface area contributed by atoms with Crippen molar-refractivity contribution in [2.45, 2.75) is 192 Å². The molecule has 4 aliphatic heterocycles. The maximum absolute atomic E-state index is 14.5. The summed E-state index contributed by atoms with van der Waals surface area (Å²) >= 11 is 0. The quantitative estimate of drug-likeness (QED) is 0.200. The van der Waals surface area contributed by atoms with Crippen LogP contribution in [-0.4, -0.2) is 181 Å². The van der Waals surface area contributed by atoms with Crippen molar-refractivity contribution in [1.29, 1.82) is 0 Å². The molecule has 4 aliphatic rings. The summed E-state index contributed by atoms with van der Waals surface area (Å²) in [6, 6.07) is 4.74. The summed E-state index contributed by atoms with van der Waals surface area (Å²) in [5.74, 6) is -1.46. The molecule has 0 unspecified atom stereocenters. The van der Waals surface area contributed by atoms with Crippen molar-refractivity contribution >= 4 is 12.1 Å². The minimum atomic E-state index is -1.84. The van der Waals surface area contributed by atoms with E-state index in [0.29, 0.717) is 30.9 Å². The highest BCUT2D eigenvalue weighted by molar-refractivity contribution is 5.73. The van der Waals surface area contributed by atoms with E-state index in [2.05, 4.69) is 5.32 Å². The molecule has 66 heavy (non-hydrogen) atoms. The first-order valence-electron chi connectivity index (χ1n) is 23.7. The van der Waals surface area contributed by atoms with Gasteiger partial charge in [0.25, 0.3) is 0 Å². The van der Waals surface area contributed by atoms with Gasteiger partial charge in [-0.15, -0.1) is 0 Å². The fourth-order valence-corrected chi connectivity index (χ4v) is 10.5. The van der Waals surface area contributed by atoms with Gasteiger partial charge in [-0.25, -0.2) is 4.79 Å². The number of benzene rings is 1. The third kappa shape index (κ3) is 12.5. The van der Waals surface area contributed by atoms with Crippen LogP contribution in [0, 0.1) is 17.8 Å². The molecular weight excluding hydrogens is 859 g/mol. The number of nitrogens with one attached hydrogen (secondary N) is 1. The standard InChI is InChI=1S/C48H81N3O15/c1-15-36-48(10,57)40(53)30(6)51(13)24-26(2)22-46(8,56)41(65-44-38(52)33(50(11)12)20-27(3)61-44)28(4)39(29(5)43(54)63-36)64-37-23-47(9,58-14)42(31(7)62-37)66-45(55)49-19-18-32-16-17-34-35(21-32)60-25-59-34/h16-17,21,26-31,33,36-42,44,52-53,56-57H,15,18-20,22-25H2,1-14H3,(H,49,55)/t26-,27-,28+,29-,30-,31+,33+,36-,37+,38-,39+,40-,41-,42+,44+,46+,47-,48-/m1/s1. The molecule has 1 aromatic carbocycles. The van der Waals surface area contributed by atoms with Gasteiger partial charge in [0.1, 0.15) is 29.5 Å². The second-order valence-electron chi connectivity index (χ2n) is 20.4. The van der Waals surface area contributed by atoms with Crippen molar-refractivity contribution in [3.05, 3.63) is 23.8 Å². The molecule has 5 rings (SSSR count). The van der Waals surface area contributed by atoms with Crippen molar-refractivity contribution in [3.63, 3.8) is 0 Å². The maximum atomic E-state index is 14.5. The van der Waals surface area contributed by atoms with Crippen LogP contribution in [0.1, 0.15) is 100 Å². The van der Waals surface area contributed by atoms with Crippen LogP contribution in [0.2, 0.25) is 0 Å². The molecule has 0 aromatic heterocycles. The molecule has 0 aliphatic carbocycles. The van der Waals surface area contributed by atoms with Crippen molar-refractivity contribution in [2.75, 3.05) is 48.1 Å². The topological polar surface area (TPSA) is 217 Å². The summed E-state index contributed by atoms with van der Waals surface area (Å²) in [5.41, 5.74) is -3.64. The third-order valence-electron chi connectivity index (χ3n) is 14.5. The highest BCUT2D eigenvalue weighted by Crippen LogP contribution is 2.41. The average Bonchev–Trinajstić information content (AvgIpc) is 3.72. The fourth-order valence-electron chi connectivity index (χ4n) is 10.5. The number of esters is 1. The first-order valence-corrected chi connectivity index (χ1v) is 23.7. The van der Waals surface area contributed by atoms with Gasteiger partial charge in [0.15, 0.2) is 30.2 Å². The monoisotopic (exact) mass is 940 g/mol. The number of ether oxygens (including phenoxy) is 9. The second kappa shape index (κ2) is 22.3. The van der Waals surface area contributed by atoms with Crippen LogP contribution in [0.4, 0.5) is 4.79 Å². The van der Waals surface area contributed by atoms with E-state index >= 15 is 0 Å². The number of amides is 1. The SMILES string of the molecule is CC[C@H]1OC(=O)[C@H](C)[C@@H](O[C@H]2C[C@@](C)(OC)[C@@H](OC(=O)NCCc3ccc4c(c3)OCO4)[C@H](C)O2)[C@H](C)[C@@H](O[C@@H]2O[C@H](C)C[C@H](N(C)C)[C@H]2O)[C@@](C)(O)C[C@@H](C)CN(C)[C@H](C)[C@@H](O)[C@]1(C)O. The number of nitrogens with zero attached hydrogens (tertiary/aromatic N) is 2. The normalized spacial score (nSPS) is 42.0. The second-order valence-corrected chi connectivity index (χ2v) is 20.4. The lowest BCUT2D eigenvalue weighted by atomic mass is 9.77. The first kappa shape index (κ1) is 54.1. The summed E-state index contributed by atoms with van der Waals surface area (Å²) in [4.78, 5) is 31.6. The first-order chi connectivity index (χ1) is 30.8. The average molecular weight is 940 g/mol. The third-order valence-corrected chi connectivity index (χ3v) is 14.5. The molecular formula is C48H81N3O15. The van der Waals surface area contributed by atoms with Gasteiger partial charge in [0, 0.05) is 44.6 Å². The van der Waals surface area contributed by atoms with Crippen molar-refractivity contribution < 1.29 is 72.6 Å². The summed E-state index contributed by atoms with van der Waals surface area (Å²) in [6.07, 6.45) is -8.97. The predicted octanol–water partition coefficient (Wildman–Crippen LogP) is 3.61. The molecule has 3 saturated heterocycles. The van der Waals surface area contributed by atoms with E-state index < -0.39 is 102 Å². The molecule has 18 heteroatoms. The minimum absolute atomic E-state index is 0.0577. The number of cyclic esters (lactones) is 1. The number of aliphatic hydroxyl groups excluding tert-OH is 2. The number of hydrogen-bond donors (Lipinski definition) is 5. The zero-order chi connectivity index (χ0) is 49.1. The Kier molecular flexibility index (Phi) is 18.2. The van der Waals surface area contributed by atoms with Crippen LogP contribution in [0.3, 0.4) is 0 Å². The van der Waals surface area contributed by atoms with E-state index in [0.717, 1.165) is 5.56 Å². The Morgan fingerprint density at radius 1 is 0.970 bits per heavy atom. The summed E-state index contributed by atoms with van der Waals surface area (Å²) in [7, 11) is 7.11. The van der Waals surface area contributed by atoms with Crippen molar-refractivity contribution in [3.8, 4) is 11.5 Å². The summed E-state index contributed by atoms with van der Waals surface area (Å²) < 4.78 is 55.5. The number of fused-ring (bicyclic) bond motifs is 1. The van der Waals surface area contributed by atoms with E-state index in [1.54, 1.807) is 41.5 Å². The Hall–Kier alpha value is -2.88. The molecule has 18 nitrogen and oxygen atoms in total. The predicted molar refractivity (Wildman–Crippen MR) is 243 cm³/mol. The van der Waals surface area contributed by atoms with Gasteiger partial charge in [-0.05, 0) is 119 Å². The molecule has 0 spiro atoms. The van der Waals surface area contributed by atoms with Crippen LogP contribution in [0.5, 0.6) is 11.5 Å². The molecule has 378 valence electrons. The molecule has 0 bridgehead atoms. The Labute approximate surface area is 391 Å². The minimum Gasteiger partial charge on any atom is -0.459 e. The molecule has 3 fully saturated rings. The van der Waals surface area contributed by atoms with Crippen LogP contribution in [0.25, 0.3) is 0 Å².